The maximum absolute atomic E-state index is 13.7. The Morgan fingerprint density at radius 1 is 1.26 bits per heavy atom. The third kappa shape index (κ3) is 5.63. The molecule has 1 amide bonds. The summed E-state index contributed by atoms with van der Waals surface area (Å²) in [5.74, 6) is 0.00125. The molecular weight excluding hydrogens is 435 g/mol. The Morgan fingerprint density at radius 3 is 2.65 bits per heavy atom. The van der Waals surface area contributed by atoms with Gasteiger partial charge in [-0.3, -0.25) is 14.4 Å². The van der Waals surface area contributed by atoms with Gasteiger partial charge in [-0.1, -0.05) is 19.1 Å². The molecule has 0 spiro atoms. The van der Waals surface area contributed by atoms with Gasteiger partial charge in [0.15, 0.2) is 5.78 Å². The highest BCUT2D eigenvalue weighted by Gasteiger charge is 2.44. The quantitative estimate of drug-likeness (QED) is 0.460. The first-order chi connectivity index (χ1) is 16.2. The van der Waals surface area contributed by atoms with Crippen LogP contribution in [-0.4, -0.2) is 48.3 Å². The number of carbonyl (C=O) groups is 3. The van der Waals surface area contributed by atoms with Gasteiger partial charge in [-0.2, -0.15) is 0 Å². The van der Waals surface area contributed by atoms with E-state index in [-0.39, 0.29) is 53.4 Å². The number of aliphatic hydroxyl groups excluding tert-OH is 1. The summed E-state index contributed by atoms with van der Waals surface area (Å²) >= 11 is 0. The van der Waals surface area contributed by atoms with Crippen LogP contribution in [0.3, 0.4) is 0 Å². The number of carbonyl (C=O) groups excluding carboxylic acids is 3. The molecule has 0 aliphatic heterocycles. The topological polar surface area (TPSA) is 95.5 Å². The van der Waals surface area contributed by atoms with Gasteiger partial charge in [0.05, 0.1) is 12.6 Å². The Kier molecular flexibility index (Phi) is 8.77. The van der Waals surface area contributed by atoms with E-state index in [4.69, 9.17) is 0 Å². The van der Waals surface area contributed by atoms with Crippen LogP contribution < -0.4 is 10.6 Å². The second-order valence-corrected chi connectivity index (χ2v) is 9.86. The lowest BCUT2D eigenvalue weighted by Gasteiger charge is -2.24. The van der Waals surface area contributed by atoms with E-state index in [1.807, 2.05) is 6.07 Å². The van der Waals surface area contributed by atoms with Crippen molar-refractivity contribution in [3.63, 3.8) is 0 Å². The molecule has 6 unspecified atom stereocenters. The number of rotatable bonds is 11. The molecule has 6 nitrogen and oxygen atoms in total. The van der Waals surface area contributed by atoms with Crippen LogP contribution in [0.1, 0.15) is 57.6 Å². The lowest BCUT2D eigenvalue weighted by atomic mass is 9.80. The van der Waals surface area contributed by atoms with Gasteiger partial charge in [0.25, 0.3) is 0 Å². The van der Waals surface area contributed by atoms with Crippen molar-refractivity contribution >= 4 is 23.0 Å². The minimum absolute atomic E-state index is 0.0645. The van der Waals surface area contributed by atoms with Crippen molar-refractivity contribution in [3.05, 3.63) is 41.2 Å². The molecule has 1 fully saturated rings. The molecule has 2 aliphatic carbocycles. The predicted molar refractivity (Wildman–Crippen MR) is 129 cm³/mol. The molecular formula is C27H37FN2O4. The number of hydrogen-bond donors (Lipinski definition) is 3. The number of hydrogen-bond acceptors (Lipinski definition) is 5. The molecule has 0 heterocycles. The number of ketones is 2. The monoisotopic (exact) mass is 472 g/mol. The van der Waals surface area contributed by atoms with Crippen LogP contribution >= 0.6 is 0 Å². The highest BCUT2D eigenvalue weighted by atomic mass is 19.1. The van der Waals surface area contributed by atoms with Crippen molar-refractivity contribution in [2.75, 3.05) is 13.7 Å². The summed E-state index contributed by atoms with van der Waals surface area (Å²) in [4.78, 5) is 37.2. The number of allylic oxidation sites excluding steroid dienone is 2. The average Bonchev–Trinajstić information content (AvgIpc) is 3.36. The molecule has 3 N–H and O–H groups in total. The Labute approximate surface area is 201 Å². The van der Waals surface area contributed by atoms with Gasteiger partial charge in [-0.05, 0) is 93.2 Å². The Hall–Kier alpha value is -2.38. The molecule has 186 valence electrons. The standard InChI is InChI=1S/C27H37FN2O4/c1-15-20(6-5-7-26(33)25(14-31)30-27(34)16(2)29-4)24(17(3)32)13-23(15)22-10-8-18-12-19(28)9-11-21(18)22/h9-12,15-16,20,23-25,29,31H,5-8,13-14H2,1-4H3,(H,30,34). The normalized spacial score (nSPS) is 25.4. The molecule has 1 saturated carbocycles. The van der Waals surface area contributed by atoms with Crippen LogP contribution in [0.5, 0.6) is 0 Å². The van der Waals surface area contributed by atoms with E-state index in [9.17, 15) is 23.9 Å². The number of aliphatic hydroxyl groups is 1. The zero-order chi connectivity index (χ0) is 25.0. The fourth-order valence-electron chi connectivity index (χ4n) is 5.71. The van der Waals surface area contributed by atoms with E-state index in [0.717, 1.165) is 30.4 Å². The second kappa shape index (κ2) is 11.4. The molecule has 6 atom stereocenters. The molecule has 1 aromatic rings. The highest BCUT2D eigenvalue weighted by Crippen LogP contribution is 2.51. The minimum Gasteiger partial charge on any atom is -0.394 e. The fourth-order valence-corrected chi connectivity index (χ4v) is 5.71. The molecule has 2 aliphatic rings. The number of nitrogens with one attached hydrogen (secondary N) is 2. The summed E-state index contributed by atoms with van der Waals surface area (Å²) in [5.41, 5.74) is 3.31. The summed E-state index contributed by atoms with van der Waals surface area (Å²) in [7, 11) is 1.65. The Bertz CT molecular complexity index is 960. The average molecular weight is 473 g/mol. The molecule has 1 aromatic carbocycles. The number of fused-ring (bicyclic) bond motifs is 1. The van der Waals surface area contributed by atoms with Crippen molar-refractivity contribution in [3.8, 4) is 0 Å². The van der Waals surface area contributed by atoms with Crippen LogP contribution in [0.25, 0.3) is 5.57 Å². The summed E-state index contributed by atoms with van der Waals surface area (Å²) in [6.07, 6.45) is 5.23. The molecule has 34 heavy (non-hydrogen) atoms. The zero-order valence-corrected chi connectivity index (χ0v) is 20.6. The van der Waals surface area contributed by atoms with E-state index in [0.29, 0.717) is 6.42 Å². The maximum atomic E-state index is 13.7. The number of halogens is 1. The number of amides is 1. The highest BCUT2D eigenvalue weighted by molar-refractivity contribution is 5.90. The lowest BCUT2D eigenvalue weighted by molar-refractivity contribution is -0.129. The van der Waals surface area contributed by atoms with Crippen molar-refractivity contribution in [2.24, 2.45) is 23.7 Å². The Balaban J connectivity index is 1.62. The summed E-state index contributed by atoms with van der Waals surface area (Å²) in [6.45, 7) is 5.07. The van der Waals surface area contributed by atoms with Crippen LogP contribution in [0, 0.1) is 29.5 Å². The summed E-state index contributed by atoms with van der Waals surface area (Å²) in [6, 6.07) is 3.57. The maximum Gasteiger partial charge on any atom is 0.237 e. The molecule has 0 radical (unpaired) electrons. The van der Waals surface area contributed by atoms with Gasteiger partial charge in [-0.25, -0.2) is 4.39 Å². The second-order valence-electron chi connectivity index (χ2n) is 9.86. The zero-order valence-electron chi connectivity index (χ0n) is 20.6. The van der Waals surface area contributed by atoms with Crippen LogP contribution in [0.15, 0.2) is 24.3 Å². The number of likely N-dealkylation sites (N-methyl/N-ethyl adjacent to an activating group) is 1. The first-order valence-corrected chi connectivity index (χ1v) is 12.3. The van der Waals surface area contributed by atoms with E-state index in [1.165, 1.54) is 11.6 Å². The van der Waals surface area contributed by atoms with E-state index in [1.54, 1.807) is 27.0 Å². The first kappa shape index (κ1) is 26.2. The van der Waals surface area contributed by atoms with Gasteiger partial charge in [0.2, 0.25) is 5.91 Å². The molecule has 7 heteroatoms. The molecule has 3 rings (SSSR count). The first-order valence-electron chi connectivity index (χ1n) is 12.3. The van der Waals surface area contributed by atoms with Gasteiger partial charge >= 0.3 is 0 Å². The number of Topliss-reactive ketones (excluding diaryl/α,β-unsaturated/α-hetero) is 2. The summed E-state index contributed by atoms with van der Waals surface area (Å²) in [5, 5.41) is 15.0. The largest absolute Gasteiger partial charge is 0.394 e. The minimum atomic E-state index is -0.916. The van der Waals surface area contributed by atoms with Crippen molar-refractivity contribution in [1.29, 1.82) is 0 Å². The van der Waals surface area contributed by atoms with Crippen LogP contribution in [0.2, 0.25) is 0 Å². The van der Waals surface area contributed by atoms with E-state index < -0.39 is 18.7 Å². The third-order valence-electron chi connectivity index (χ3n) is 7.85. The Morgan fingerprint density at radius 2 is 2.00 bits per heavy atom. The third-order valence-corrected chi connectivity index (χ3v) is 7.85. The predicted octanol–water partition coefficient (Wildman–Crippen LogP) is 3.07. The SMILES string of the molecule is CNC(C)C(=O)NC(CO)C(=O)CCCC1C(C(C)=O)CC(C2=CCc3cc(F)ccc32)C1C. The van der Waals surface area contributed by atoms with Crippen LogP contribution in [0.4, 0.5) is 4.39 Å². The van der Waals surface area contributed by atoms with Gasteiger partial charge in [0.1, 0.15) is 17.6 Å². The smallest absolute Gasteiger partial charge is 0.237 e. The van der Waals surface area contributed by atoms with Gasteiger partial charge in [-0.15, -0.1) is 0 Å². The fraction of sp³-hybridized carbons (Fsp3) is 0.593. The van der Waals surface area contributed by atoms with E-state index in [2.05, 4.69) is 23.6 Å². The van der Waals surface area contributed by atoms with E-state index >= 15 is 0 Å². The van der Waals surface area contributed by atoms with Gasteiger partial charge in [0, 0.05) is 12.3 Å². The molecule has 0 saturated heterocycles. The number of benzene rings is 1. The molecule has 0 bridgehead atoms. The lowest BCUT2D eigenvalue weighted by Crippen LogP contribution is -2.49. The summed E-state index contributed by atoms with van der Waals surface area (Å²) < 4.78 is 13.7. The van der Waals surface area contributed by atoms with Crippen molar-refractivity contribution in [1.82, 2.24) is 10.6 Å². The van der Waals surface area contributed by atoms with Gasteiger partial charge < -0.3 is 15.7 Å². The van der Waals surface area contributed by atoms with Crippen LogP contribution in [-0.2, 0) is 20.8 Å². The van der Waals surface area contributed by atoms with Crippen molar-refractivity contribution < 1.29 is 23.9 Å². The molecule has 0 aromatic heterocycles. The van der Waals surface area contributed by atoms with Crippen molar-refractivity contribution in [2.45, 2.75) is 65.0 Å².